The van der Waals surface area contributed by atoms with Crippen molar-refractivity contribution in [1.29, 1.82) is 0 Å². The molecule has 0 radical (unpaired) electrons. The molecule has 1 atom stereocenters. The van der Waals surface area contributed by atoms with Gasteiger partial charge in [-0.2, -0.15) is 0 Å². The zero-order valence-corrected chi connectivity index (χ0v) is 13.0. The number of aliphatic hydroxyl groups excluding tert-OH is 1. The number of para-hydroxylation sites is 1. The van der Waals surface area contributed by atoms with Gasteiger partial charge in [0, 0.05) is 23.4 Å². The second kappa shape index (κ2) is 6.75. The first-order valence-corrected chi connectivity index (χ1v) is 7.67. The number of nitrogens with zero attached hydrogens (tertiary/aromatic N) is 1. The molecule has 23 heavy (non-hydrogen) atoms. The van der Waals surface area contributed by atoms with Crippen LogP contribution in [0.5, 0.6) is 0 Å². The summed E-state index contributed by atoms with van der Waals surface area (Å²) in [5, 5.41) is 13.6. The first-order chi connectivity index (χ1) is 11.2. The molecule has 1 aromatic heterocycles. The summed E-state index contributed by atoms with van der Waals surface area (Å²) in [6.45, 7) is 1.92. The molecule has 1 heterocycles. The molecule has 0 spiro atoms. The lowest BCUT2D eigenvalue weighted by Gasteiger charge is -2.21. The van der Waals surface area contributed by atoms with E-state index in [1.165, 1.54) is 6.07 Å². The quantitative estimate of drug-likeness (QED) is 0.741. The van der Waals surface area contributed by atoms with Crippen LogP contribution in [0, 0.1) is 12.7 Å². The fraction of sp³-hybridized carbons (Fsp3) is 0.211. The van der Waals surface area contributed by atoms with Gasteiger partial charge in [-0.05, 0) is 31.0 Å². The zero-order chi connectivity index (χ0) is 16.2. The summed E-state index contributed by atoms with van der Waals surface area (Å²) in [7, 11) is 0. The van der Waals surface area contributed by atoms with E-state index in [0.717, 1.165) is 22.3 Å². The number of pyridine rings is 1. The number of hydrogen-bond donors (Lipinski definition) is 2. The Labute approximate surface area is 134 Å². The molecule has 0 amide bonds. The summed E-state index contributed by atoms with van der Waals surface area (Å²) in [5.74, 6) is -0.326. The van der Waals surface area contributed by atoms with Crippen LogP contribution in [0.3, 0.4) is 0 Å². The lowest BCUT2D eigenvalue weighted by molar-refractivity contribution is 0.280. The second-order valence-corrected chi connectivity index (χ2v) is 5.57. The average molecular weight is 310 g/mol. The van der Waals surface area contributed by atoms with E-state index in [9.17, 15) is 9.50 Å². The lowest BCUT2D eigenvalue weighted by atomic mass is 10.0. The minimum Gasteiger partial charge on any atom is -0.396 e. The molecular formula is C19H19FN2O. The first kappa shape index (κ1) is 15.4. The number of aryl methyl sites for hydroxylation is 1. The van der Waals surface area contributed by atoms with E-state index in [2.05, 4.69) is 10.3 Å². The van der Waals surface area contributed by atoms with Crippen LogP contribution in [0.15, 0.2) is 54.6 Å². The van der Waals surface area contributed by atoms with Crippen molar-refractivity contribution in [3.8, 4) is 0 Å². The van der Waals surface area contributed by atoms with Crippen molar-refractivity contribution in [3.63, 3.8) is 0 Å². The number of halogens is 1. The Morgan fingerprint density at radius 2 is 1.91 bits per heavy atom. The lowest BCUT2D eigenvalue weighted by Crippen LogP contribution is -2.13. The number of fused-ring (bicyclic) bond motifs is 1. The van der Waals surface area contributed by atoms with Gasteiger partial charge >= 0.3 is 0 Å². The van der Waals surface area contributed by atoms with Gasteiger partial charge in [0.1, 0.15) is 11.3 Å². The van der Waals surface area contributed by atoms with Gasteiger partial charge in [-0.1, -0.05) is 42.5 Å². The van der Waals surface area contributed by atoms with Crippen molar-refractivity contribution < 1.29 is 9.50 Å². The third kappa shape index (κ3) is 3.32. The Hall–Kier alpha value is -2.46. The van der Waals surface area contributed by atoms with Crippen molar-refractivity contribution >= 4 is 16.6 Å². The Morgan fingerprint density at radius 3 is 2.65 bits per heavy atom. The maximum absolute atomic E-state index is 14.0. The Morgan fingerprint density at radius 1 is 1.13 bits per heavy atom. The highest BCUT2D eigenvalue weighted by Gasteiger charge is 2.14. The van der Waals surface area contributed by atoms with E-state index in [4.69, 9.17) is 0 Å². The van der Waals surface area contributed by atoms with Crippen molar-refractivity contribution in [1.82, 2.24) is 4.98 Å². The Bertz CT molecular complexity index is 805. The maximum atomic E-state index is 14.0. The van der Waals surface area contributed by atoms with Crippen LogP contribution in [-0.4, -0.2) is 16.7 Å². The van der Waals surface area contributed by atoms with E-state index >= 15 is 0 Å². The summed E-state index contributed by atoms with van der Waals surface area (Å²) in [4.78, 5) is 4.30. The molecule has 0 aliphatic rings. The molecule has 2 N–H and O–H groups in total. The standard InChI is InChI=1S/C19H19FN2O/c1-13-12-18(15-8-5-9-16(20)19(15)21-13)22-17(10-11-23)14-6-3-2-4-7-14/h2-9,12,17,23H,10-11H2,1H3,(H,21,22)/t17-/m1/s1. The molecule has 3 rings (SSSR count). The highest BCUT2D eigenvalue weighted by Crippen LogP contribution is 2.29. The van der Waals surface area contributed by atoms with Gasteiger partial charge < -0.3 is 10.4 Å². The smallest absolute Gasteiger partial charge is 0.149 e. The number of nitrogens with one attached hydrogen (secondary N) is 1. The van der Waals surface area contributed by atoms with Gasteiger partial charge in [0.25, 0.3) is 0 Å². The molecule has 0 saturated heterocycles. The predicted molar refractivity (Wildman–Crippen MR) is 90.9 cm³/mol. The van der Waals surface area contributed by atoms with E-state index < -0.39 is 0 Å². The van der Waals surface area contributed by atoms with Crippen LogP contribution in [0.2, 0.25) is 0 Å². The van der Waals surface area contributed by atoms with Gasteiger partial charge in [0.15, 0.2) is 0 Å². The summed E-state index contributed by atoms with van der Waals surface area (Å²) >= 11 is 0. The number of rotatable bonds is 5. The Balaban J connectivity index is 2.04. The third-order valence-corrected chi connectivity index (χ3v) is 3.87. The molecule has 0 aliphatic carbocycles. The maximum Gasteiger partial charge on any atom is 0.149 e. The molecule has 3 aromatic rings. The first-order valence-electron chi connectivity index (χ1n) is 7.67. The SMILES string of the molecule is Cc1cc(N[C@H](CCO)c2ccccc2)c2cccc(F)c2n1. The monoisotopic (exact) mass is 310 g/mol. The van der Waals surface area contributed by atoms with E-state index in [-0.39, 0.29) is 18.5 Å². The molecule has 4 heteroatoms. The summed E-state index contributed by atoms with van der Waals surface area (Å²) < 4.78 is 14.0. The minimum atomic E-state index is -0.326. The molecule has 118 valence electrons. The van der Waals surface area contributed by atoms with E-state index in [1.54, 1.807) is 6.07 Å². The number of hydrogen-bond acceptors (Lipinski definition) is 3. The third-order valence-electron chi connectivity index (χ3n) is 3.87. The second-order valence-electron chi connectivity index (χ2n) is 5.57. The molecule has 0 fully saturated rings. The fourth-order valence-corrected chi connectivity index (χ4v) is 2.79. The van der Waals surface area contributed by atoms with Crippen molar-refractivity contribution in [3.05, 3.63) is 71.7 Å². The largest absolute Gasteiger partial charge is 0.396 e. The molecule has 0 bridgehead atoms. The molecule has 0 unspecified atom stereocenters. The summed E-state index contributed by atoms with van der Waals surface area (Å²) in [5.41, 5.74) is 3.03. The van der Waals surface area contributed by atoms with Crippen LogP contribution < -0.4 is 5.32 Å². The van der Waals surface area contributed by atoms with Crippen LogP contribution in [0.25, 0.3) is 10.9 Å². The number of aliphatic hydroxyl groups is 1. The van der Waals surface area contributed by atoms with Gasteiger partial charge in [-0.25, -0.2) is 9.37 Å². The van der Waals surface area contributed by atoms with Gasteiger partial charge in [-0.3, -0.25) is 0 Å². The Kier molecular flexibility index (Phi) is 4.53. The van der Waals surface area contributed by atoms with E-state index in [1.807, 2.05) is 49.4 Å². The molecule has 0 saturated carbocycles. The number of aromatic nitrogens is 1. The predicted octanol–water partition coefficient (Wildman–Crippen LogP) is 4.22. The molecule has 3 nitrogen and oxygen atoms in total. The van der Waals surface area contributed by atoms with E-state index in [0.29, 0.717) is 11.9 Å². The van der Waals surface area contributed by atoms with Crippen LogP contribution >= 0.6 is 0 Å². The van der Waals surface area contributed by atoms with Crippen LogP contribution in [0.1, 0.15) is 23.7 Å². The molecule has 2 aromatic carbocycles. The van der Waals surface area contributed by atoms with Crippen molar-refractivity contribution in [2.45, 2.75) is 19.4 Å². The normalized spacial score (nSPS) is 12.3. The van der Waals surface area contributed by atoms with Crippen molar-refractivity contribution in [2.24, 2.45) is 0 Å². The van der Waals surface area contributed by atoms with Gasteiger partial charge in [0.2, 0.25) is 0 Å². The van der Waals surface area contributed by atoms with Crippen LogP contribution in [0.4, 0.5) is 10.1 Å². The van der Waals surface area contributed by atoms with Gasteiger partial charge in [-0.15, -0.1) is 0 Å². The molecule has 0 aliphatic heterocycles. The molecular weight excluding hydrogens is 291 g/mol. The van der Waals surface area contributed by atoms with Crippen LogP contribution in [-0.2, 0) is 0 Å². The minimum absolute atomic E-state index is 0.0468. The zero-order valence-electron chi connectivity index (χ0n) is 13.0. The topological polar surface area (TPSA) is 45.1 Å². The summed E-state index contributed by atoms with van der Waals surface area (Å²) in [6, 6.07) is 16.8. The highest BCUT2D eigenvalue weighted by atomic mass is 19.1. The fourth-order valence-electron chi connectivity index (χ4n) is 2.79. The van der Waals surface area contributed by atoms with Gasteiger partial charge in [0.05, 0.1) is 6.04 Å². The summed E-state index contributed by atoms with van der Waals surface area (Å²) in [6.07, 6.45) is 0.572. The number of benzene rings is 2. The highest BCUT2D eigenvalue weighted by molar-refractivity contribution is 5.92. The van der Waals surface area contributed by atoms with Crippen molar-refractivity contribution in [2.75, 3.05) is 11.9 Å². The average Bonchev–Trinajstić information content (AvgIpc) is 2.56. The number of anilines is 1.